The second-order valence-corrected chi connectivity index (χ2v) is 4.90. The fourth-order valence-corrected chi connectivity index (χ4v) is 2.45. The van der Waals surface area contributed by atoms with Crippen molar-refractivity contribution in [3.05, 3.63) is 27.9 Å². The van der Waals surface area contributed by atoms with Gasteiger partial charge < -0.3 is 15.2 Å². The third-order valence-corrected chi connectivity index (χ3v) is 3.59. The normalized spacial score (nSPS) is 21.2. The summed E-state index contributed by atoms with van der Waals surface area (Å²) < 4.78 is 5.56. The molecule has 0 amide bonds. The number of hydrogen-bond donors (Lipinski definition) is 2. The summed E-state index contributed by atoms with van der Waals surface area (Å²) in [6, 6.07) is 1.01. The van der Waals surface area contributed by atoms with Crippen LogP contribution in [0.4, 0.5) is 11.5 Å². The second-order valence-electron chi connectivity index (χ2n) is 4.90. The van der Waals surface area contributed by atoms with Crippen LogP contribution in [0.3, 0.4) is 0 Å². The van der Waals surface area contributed by atoms with Crippen molar-refractivity contribution in [1.29, 1.82) is 0 Å². The molecule has 1 aliphatic heterocycles. The first-order chi connectivity index (χ1) is 10.0. The molecule has 1 aromatic rings. The Morgan fingerprint density at radius 2 is 2.43 bits per heavy atom. The van der Waals surface area contributed by atoms with Crippen molar-refractivity contribution in [2.45, 2.75) is 25.9 Å². The number of anilines is 1. The van der Waals surface area contributed by atoms with Crippen molar-refractivity contribution < 1.29 is 19.6 Å². The minimum absolute atomic E-state index is 0.0896. The highest BCUT2D eigenvalue weighted by molar-refractivity contribution is 5.88. The fourth-order valence-electron chi connectivity index (χ4n) is 2.45. The minimum atomic E-state index is -1.24. The van der Waals surface area contributed by atoms with Crippen LogP contribution in [0.15, 0.2) is 12.3 Å². The van der Waals surface area contributed by atoms with Gasteiger partial charge in [0.25, 0.3) is 0 Å². The van der Waals surface area contributed by atoms with Crippen molar-refractivity contribution in [3.8, 4) is 0 Å². The Morgan fingerprint density at radius 1 is 1.67 bits per heavy atom. The summed E-state index contributed by atoms with van der Waals surface area (Å²) in [6.45, 7) is 3.24. The molecule has 2 rings (SSSR count). The van der Waals surface area contributed by atoms with E-state index in [1.807, 2.05) is 6.92 Å². The number of carboxylic acids is 1. The van der Waals surface area contributed by atoms with Crippen LogP contribution in [0.2, 0.25) is 0 Å². The van der Waals surface area contributed by atoms with E-state index in [9.17, 15) is 14.9 Å². The number of nitro groups is 1. The molecule has 114 valence electrons. The first kappa shape index (κ1) is 15.2. The molecule has 0 saturated carbocycles. The number of carbonyl (C=O) groups is 1. The summed E-state index contributed by atoms with van der Waals surface area (Å²) in [5.41, 5.74) is -0.537. The molecule has 21 heavy (non-hydrogen) atoms. The highest BCUT2D eigenvalue weighted by Crippen LogP contribution is 2.26. The molecule has 2 N–H and O–H groups in total. The highest BCUT2D eigenvalue weighted by Gasteiger charge is 2.27. The Kier molecular flexibility index (Phi) is 4.69. The Labute approximate surface area is 121 Å². The van der Waals surface area contributed by atoms with E-state index in [1.54, 1.807) is 0 Å². The number of ether oxygens (including phenoxy) is 1. The van der Waals surface area contributed by atoms with Crippen LogP contribution < -0.4 is 5.32 Å². The lowest BCUT2D eigenvalue weighted by Crippen LogP contribution is -2.23. The summed E-state index contributed by atoms with van der Waals surface area (Å²) in [5.74, 6) is -0.880. The average molecular weight is 295 g/mol. The topological polar surface area (TPSA) is 115 Å². The van der Waals surface area contributed by atoms with Gasteiger partial charge in [-0.1, -0.05) is 6.92 Å². The van der Waals surface area contributed by atoms with Crippen LogP contribution in [-0.4, -0.2) is 40.2 Å². The van der Waals surface area contributed by atoms with Crippen LogP contribution in [-0.2, 0) is 4.74 Å². The smallest absolute Gasteiger partial charge is 0.337 e. The van der Waals surface area contributed by atoms with Gasteiger partial charge in [-0.2, -0.15) is 0 Å². The van der Waals surface area contributed by atoms with Gasteiger partial charge in [-0.3, -0.25) is 10.1 Å². The molecule has 8 nitrogen and oxygen atoms in total. The third kappa shape index (κ3) is 3.46. The average Bonchev–Trinajstić information content (AvgIpc) is 2.92. The SMILES string of the molecule is CCC1OCCC1CNc1ncc(C(=O)O)cc1[N+](=O)[O-]. The predicted molar refractivity (Wildman–Crippen MR) is 74.5 cm³/mol. The number of carboxylic acid groups (broad SMARTS) is 1. The van der Waals surface area contributed by atoms with Crippen LogP contribution in [0.5, 0.6) is 0 Å². The van der Waals surface area contributed by atoms with Gasteiger partial charge in [0.2, 0.25) is 5.82 Å². The van der Waals surface area contributed by atoms with Crippen molar-refractivity contribution >= 4 is 17.5 Å². The van der Waals surface area contributed by atoms with Gasteiger partial charge in [0.05, 0.1) is 16.6 Å². The molecule has 1 saturated heterocycles. The molecule has 1 aromatic heterocycles. The van der Waals surface area contributed by atoms with E-state index >= 15 is 0 Å². The molecule has 0 aromatic carbocycles. The van der Waals surface area contributed by atoms with E-state index in [2.05, 4.69) is 10.3 Å². The molecule has 1 aliphatic rings. The Hall–Kier alpha value is -2.22. The molecule has 1 fully saturated rings. The summed E-state index contributed by atoms with van der Waals surface area (Å²) in [4.78, 5) is 25.1. The van der Waals surface area contributed by atoms with Gasteiger partial charge in [0, 0.05) is 31.3 Å². The van der Waals surface area contributed by atoms with Crippen LogP contribution in [0, 0.1) is 16.0 Å². The van der Waals surface area contributed by atoms with Gasteiger partial charge >= 0.3 is 11.7 Å². The van der Waals surface area contributed by atoms with Crippen molar-refractivity contribution in [3.63, 3.8) is 0 Å². The van der Waals surface area contributed by atoms with Crippen LogP contribution in [0.25, 0.3) is 0 Å². The van der Waals surface area contributed by atoms with Gasteiger partial charge in [0.15, 0.2) is 0 Å². The molecule has 0 spiro atoms. The summed E-state index contributed by atoms with van der Waals surface area (Å²) in [7, 11) is 0. The molecule has 2 unspecified atom stereocenters. The Balaban J connectivity index is 2.12. The minimum Gasteiger partial charge on any atom is -0.478 e. The second kappa shape index (κ2) is 6.49. The third-order valence-electron chi connectivity index (χ3n) is 3.59. The van der Waals surface area contributed by atoms with Gasteiger partial charge in [0.1, 0.15) is 0 Å². The molecule has 0 bridgehead atoms. The number of rotatable bonds is 6. The zero-order valence-electron chi connectivity index (χ0n) is 11.6. The van der Waals surface area contributed by atoms with Gasteiger partial charge in [-0.05, 0) is 12.8 Å². The first-order valence-corrected chi connectivity index (χ1v) is 6.76. The van der Waals surface area contributed by atoms with Crippen molar-refractivity contribution in [1.82, 2.24) is 4.98 Å². The Morgan fingerprint density at radius 3 is 3.05 bits per heavy atom. The summed E-state index contributed by atoms with van der Waals surface area (Å²) in [6.07, 6.45) is 3.04. The largest absolute Gasteiger partial charge is 0.478 e. The van der Waals surface area contributed by atoms with E-state index in [-0.39, 0.29) is 29.1 Å². The molecule has 0 radical (unpaired) electrons. The standard InChI is InChI=1S/C13H17N3O5/c1-2-11-8(3-4-21-11)6-14-12-10(16(19)20)5-9(7-15-12)13(17)18/h5,7-8,11H,2-4,6H2,1H3,(H,14,15)(H,17,18). The first-order valence-electron chi connectivity index (χ1n) is 6.76. The lowest BCUT2D eigenvalue weighted by molar-refractivity contribution is -0.384. The van der Waals surface area contributed by atoms with Crippen LogP contribution >= 0.6 is 0 Å². The van der Waals surface area contributed by atoms with Crippen molar-refractivity contribution in [2.75, 3.05) is 18.5 Å². The summed E-state index contributed by atoms with van der Waals surface area (Å²) >= 11 is 0. The van der Waals surface area contributed by atoms with Crippen molar-refractivity contribution in [2.24, 2.45) is 5.92 Å². The number of nitrogens with one attached hydrogen (secondary N) is 1. The zero-order chi connectivity index (χ0) is 15.4. The van der Waals surface area contributed by atoms with E-state index in [0.717, 1.165) is 25.1 Å². The number of aromatic nitrogens is 1. The van der Waals surface area contributed by atoms with Gasteiger partial charge in [-0.15, -0.1) is 0 Å². The van der Waals surface area contributed by atoms with E-state index in [1.165, 1.54) is 0 Å². The van der Waals surface area contributed by atoms with E-state index < -0.39 is 10.9 Å². The highest BCUT2D eigenvalue weighted by atomic mass is 16.6. The lowest BCUT2D eigenvalue weighted by atomic mass is 10.00. The monoisotopic (exact) mass is 295 g/mol. The summed E-state index contributed by atoms with van der Waals surface area (Å²) in [5, 5.41) is 22.8. The maximum Gasteiger partial charge on any atom is 0.337 e. The van der Waals surface area contributed by atoms with E-state index in [4.69, 9.17) is 9.84 Å². The van der Waals surface area contributed by atoms with E-state index in [0.29, 0.717) is 13.2 Å². The molecule has 8 heteroatoms. The molecular formula is C13H17N3O5. The lowest BCUT2D eigenvalue weighted by Gasteiger charge is -2.17. The van der Waals surface area contributed by atoms with Crippen LogP contribution in [0.1, 0.15) is 30.1 Å². The number of pyridine rings is 1. The maximum atomic E-state index is 11.0. The number of nitrogens with zero attached hydrogens (tertiary/aromatic N) is 2. The molecule has 0 aliphatic carbocycles. The van der Waals surface area contributed by atoms with Gasteiger partial charge in [-0.25, -0.2) is 9.78 Å². The number of aromatic carboxylic acids is 1. The fraction of sp³-hybridized carbons (Fsp3) is 0.538. The Bertz CT molecular complexity index is 549. The number of hydrogen-bond acceptors (Lipinski definition) is 6. The molecule has 2 heterocycles. The quantitative estimate of drug-likeness (QED) is 0.608. The predicted octanol–water partition coefficient (Wildman–Crippen LogP) is 1.91. The zero-order valence-corrected chi connectivity index (χ0v) is 11.6. The molecule has 2 atom stereocenters. The maximum absolute atomic E-state index is 11.0. The molecular weight excluding hydrogens is 278 g/mol.